The van der Waals surface area contributed by atoms with Crippen LogP contribution in [0.1, 0.15) is 5.56 Å². The van der Waals surface area contributed by atoms with E-state index >= 15 is 0 Å². The number of hydrogen-bond acceptors (Lipinski definition) is 0. The maximum Gasteiger partial charge on any atom is 0.0530 e. The summed E-state index contributed by atoms with van der Waals surface area (Å²) >= 11 is 0. The predicted octanol–water partition coefficient (Wildman–Crippen LogP) is 3.35. The lowest BCUT2D eigenvalue weighted by atomic mass is 10.1. The second-order valence-corrected chi connectivity index (χ2v) is 3.65. The number of pyridine rings is 2. The van der Waals surface area contributed by atoms with Gasteiger partial charge in [-0.2, -0.15) is 0 Å². The van der Waals surface area contributed by atoms with Gasteiger partial charge in [0.15, 0.2) is 0 Å². The van der Waals surface area contributed by atoms with E-state index in [1.165, 1.54) is 22.3 Å². The summed E-state index contributed by atoms with van der Waals surface area (Å²) in [5, 5.41) is 0. The van der Waals surface area contributed by atoms with Crippen LogP contribution in [-0.2, 0) is 0 Å². The molecule has 0 radical (unpaired) electrons. The largest absolute Gasteiger partial charge is 0.317 e. The Labute approximate surface area is 83.0 Å². The van der Waals surface area contributed by atoms with Gasteiger partial charge in [-0.05, 0) is 36.8 Å². The zero-order valence-electron chi connectivity index (χ0n) is 8.07. The Balaban J connectivity index is 2.58. The van der Waals surface area contributed by atoms with Gasteiger partial charge in [-0.25, -0.2) is 0 Å². The SMILES string of the molecule is Cc1cc2ccccn2c2cccc1-2. The molecular weight excluding hydrogens is 170 g/mol. The minimum absolute atomic E-state index is 1.25. The molecule has 0 atom stereocenters. The highest BCUT2D eigenvalue weighted by atomic mass is 14.9. The van der Waals surface area contributed by atoms with Crippen molar-refractivity contribution < 1.29 is 0 Å². The molecule has 0 N–H and O–H groups in total. The fourth-order valence-electron chi connectivity index (χ4n) is 2.05. The lowest BCUT2D eigenvalue weighted by molar-refractivity contribution is 1.16. The summed E-state index contributed by atoms with van der Waals surface area (Å²) in [5.41, 5.74) is 5.23. The third-order valence-electron chi connectivity index (χ3n) is 2.73. The normalized spacial score (nSPS) is 11.2. The van der Waals surface area contributed by atoms with Crippen LogP contribution in [0.4, 0.5) is 0 Å². The van der Waals surface area contributed by atoms with Crippen LogP contribution in [0.25, 0.3) is 16.8 Å². The molecule has 1 aliphatic heterocycles. The molecule has 0 amide bonds. The molecule has 1 aliphatic carbocycles. The summed E-state index contributed by atoms with van der Waals surface area (Å²) in [6.07, 6.45) is 2.11. The molecule has 68 valence electrons. The molecule has 0 fully saturated rings. The van der Waals surface area contributed by atoms with Crippen molar-refractivity contribution in [3.8, 4) is 11.3 Å². The molecule has 1 aromatic heterocycles. The maximum absolute atomic E-state index is 2.22. The zero-order chi connectivity index (χ0) is 9.54. The molecule has 0 bridgehead atoms. The molecule has 0 spiro atoms. The summed E-state index contributed by atoms with van der Waals surface area (Å²) in [6, 6.07) is 14.9. The van der Waals surface area contributed by atoms with Crippen molar-refractivity contribution in [2.24, 2.45) is 0 Å². The van der Waals surface area contributed by atoms with Crippen LogP contribution in [0.2, 0.25) is 0 Å². The van der Waals surface area contributed by atoms with Gasteiger partial charge in [0.1, 0.15) is 0 Å². The maximum atomic E-state index is 2.22. The van der Waals surface area contributed by atoms with Crippen molar-refractivity contribution in [2.45, 2.75) is 6.92 Å². The van der Waals surface area contributed by atoms with Crippen LogP contribution < -0.4 is 0 Å². The molecule has 0 unspecified atom stereocenters. The van der Waals surface area contributed by atoms with Gasteiger partial charge in [-0.1, -0.05) is 18.2 Å². The first-order valence-corrected chi connectivity index (χ1v) is 4.82. The fourth-order valence-corrected chi connectivity index (χ4v) is 2.05. The topological polar surface area (TPSA) is 4.41 Å². The van der Waals surface area contributed by atoms with Gasteiger partial charge in [-0.3, -0.25) is 0 Å². The first-order valence-electron chi connectivity index (χ1n) is 4.82. The Bertz CT molecular complexity index is 563. The van der Waals surface area contributed by atoms with Gasteiger partial charge in [0.25, 0.3) is 0 Å². The summed E-state index contributed by atoms with van der Waals surface area (Å²) < 4.78 is 2.22. The first-order chi connectivity index (χ1) is 6.86. The van der Waals surface area contributed by atoms with Gasteiger partial charge in [0, 0.05) is 17.3 Å². The smallest absolute Gasteiger partial charge is 0.0530 e. The molecule has 3 rings (SSSR count). The molecule has 0 saturated carbocycles. The Hall–Kier alpha value is -1.76. The molecular formula is C13H11N. The fraction of sp³-hybridized carbons (Fsp3) is 0.0769. The molecule has 2 heterocycles. The monoisotopic (exact) mass is 181 g/mol. The summed E-state index contributed by atoms with van der Waals surface area (Å²) in [7, 11) is 0. The third-order valence-corrected chi connectivity index (χ3v) is 2.73. The molecule has 1 heteroatoms. The van der Waals surface area contributed by atoms with Crippen LogP contribution >= 0.6 is 0 Å². The van der Waals surface area contributed by atoms with Crippen molar-refractivity contribution in [3.63, 3.8) is 0 Å². The number of hydrogen-bond donors (Lipinski definition) is 0. The van der Waals surface area contributed by atoms with Crippen LogP contribution in [0, 0.1) is 6.92 Å². The van der Waals surface area contributed by atoms with Gasteiger partial charge < -0.3 is 4.40 Å². The van der Waals surface area contributed by atoms with E-state index in [0.29, 0.717) is 0 Å². The van der Waals surface area contributed by atoms with Crippen LogP contribution in [-0.4, -0.2) is 4.40 Å². The Morgan fingerprint density at radius 3 is 2.86 bits per heavy atom. The lowest BCUT2D eigenvalue weighted by Gasteiger charge is -2.10. The average Bonchev–Trinajstić information content (AvgIpc) is 2.67. The molecule has 0 aromatic carbocycles. The average molecular weight is 181 g/mol. The van der Waals surface area contributed by atoms with E-state index in [9.17, 15) is 0 Å². The van der Waals surface area contributed by atoms with Crippen LogP contribution in [0.15, 0.2) is 48.7 Å². The number of rotatable bonds is 0. The van der Waals surface area contributed by atoms with E-state index in [-0.39, 0.29) is 0 Å². The Kier molecular flexibility index (Phi) is 1.42. The number of aromatic nitrogens is 1. The van der Waals surface area contributed by atoms with E-state index in [1.54, 1.807) is 0 Å². The molecule has 1 aromatic rings. The minimum Gasteiger partial charge on any atom is -0.317 e. The highest BCUT2D eigenvalue weighted by Gasteiger charge is 2.08. The van der Waals surface area contributed by atoms with E-state index < -0.39 is 0 Å². The van der Waals surface area contributed by atoms with Gasteiger partial charge >= 0.3 is 0 Å². The third kappa shape index (κ3) is 0.896. The number of nitrogens with zero attached hydrogens (tertiary/aromatic N) is 1. The zero-order valence-corrected chi connectivity index (χ0v) is 8.07. The Morgan fingerprint density at radius 2 is 1.93 bits per heavy atom. The first kappa shape index (κ1) is 7.63. The van der Waals surface area contributed by atoms with Gasteiger partial charge in [0.05, 0.1) is 5.69 Å². The summed E-state index contributed by atoms with van der Waals surface area (Å²) in [6.45, 7) is 2.16. The van der Waals surface area contributed by atoms with Crippen molar-refractivity contribution >= 4 is 5.52 Å². The van der Waals surface area contributed by atoms with Crippen LogP contribution in [0.3, 0.4) is 0 Å². The highest BCUT2D eigenvalue weighted by Crippen LogP contribution is 2.28. The minimum atomic E-state index is 1.25. The molecule has 2 aliphatic rings. The summed E-state index contributed by atoms with van der Waals surface area (Å²) in [4.78, 5) is 0. The molecule has 0 saturated heterocycles. The number of aryl methyl sites for hydroxylation is 1. The Morgan fingerprint density at radius 1 is 1.00 bits per heavy atom. The van der Waals surface area contributed by atoms with Crippen LogP contribution in [0.5, 0.6) is 0 Å². The van der Waals surface area contributed by atoms with Crippen molar-refractivity contribution in [3.05, 3.63) is 54.2 Å². The van der Waals surface area contributed by atoms with E-state index in [2.05, 4.69) is 60.0 Å². The van der Waals surface area contributed by atoms with E-state index in [1.807, 2.05) is 0 Å². The summed E-state index contributed by atoms with van der Waals surface area (Å²) in [5.74, 6) is 0. The molecule has 14 heavy (non-hydrogen) atoms. The molecule has 1 nitrogen and oxygen atoms in total. The van der Waals surface area contributed by atoms with Gasteiger partial charge in [-0.15, -0.1) is 0 Å². The second-order valence-electron chi connectivity index (χ2n) is 3.65. The lowest BCUT2D eigenvalue weighted by Crippen LogP contribution is -1.94. The number of fused-ring (bicyclic) bond motifs is 3. The van der Waals surface area contributed by atoms with E-state index in [0.717, 1.165) is 0 Å². The van der Waals surface area contributed by atoms with E-state index in [4.69, 9.17) is 0 Å². The second kappa shape index (κ2) is 2.61. The van der Waals surface area contributed by atoms with Crippen molar-refractivity contribution in [2.75, 3.05) is 0 Å². The van der Waals surface area contributed by atoms with Gasteiger partial charge in [0.2, 0.25) is 0 Å². The highest BCUT2D eigenvalue weighted by molar-refractivity contribution is 5.72. The van der Waals surface area contributed by atoms with Crippen molar-refractivity contribution in [1.29, 1.82) is 0 Å². The van der Waals surface area contributed by atoms with Crippen molar-refractivity contribution in [1.82, 2.24) is 4.40 Å². The predicted molar refractivity (Wildman–Crippen MR) is 58.8 cm³/mol. The quantitative estimate of drug-likeness (QED) is 0.501. The standard InChI is InChI=1S/C13H11N/c1-10-9-11-5-2-3-8-14(11)13-7-4-6-12(10)13/h2-9H,1H3.